The van der Waals surface area contributed by atoms with Crippen molar-refractivity contribution < 1.29 is 19.1 Å². The van der Waals surface area contributed by atoms with E-state index in [0.29, 0.717) is 48.5 Å². The molecule has 0 bridgehead atoms. The molecule has 2 atom stereocenters. The molecular weight excluding hydrogens is 520 g/mol. The summed E-state index contributed by atoms with van der Waals surface area (Å²) in [5.41, 5.74) is 2.68. The number of likely N-dealkylation sites (tertiary alicyclic amines) is 1. The number of carbonyl (C=O) groups is 3. The Bertz CT molecular complexity index is 1250. The minimum absolute atomic E-state index is 0.0240. The lowest BCUT2D eigenvalue weighted by atomic mass is 9.91. The number of piperidine rings is 1. The van der Waals surface area contributed by atoms with E-state index in [1.165, 1.54) is 0 Å². The molecule has 2 unspecified atom stereocenters. The molecule has 2 saturated heterocycles. The molecule has 208 valence electrons. The van der Waals surface area contributed by atoms with Crippen LogP contribution in [-0.2, 0) is 20.9 Å². The minimum atomic E-state index is -0.202. The van der Waals surface area contributed by atoms with E-state index in [2.05, 4.69) is 20.6 Å². The molecule has 3 amide bonds. The first-order valence-corrected chi connectivity index (χ1v) is 14.0. The summed E-state index contributed by atoms with van der Waals surface area (Å²) in [6.45, 7) is 6.71. The number of rotatable bonds is 7. The van der Waals surface area contributed by atoms with E-state index < -0.39 is 0 Å². The summed E-state index contributed by atoms with van der Waals surface area (Å²) in [5, 5.41) is 6.80. The molecule has 11 heteroatoms. The molecular formula is C28H35ClN6O4. The van der Waals surface area contributed by atoms with Crippen molar-refractivity contribution in [3.63, 3.8) is 0 Å². The molecule has 1 aromatic heterocycles. The van der Waals surface area contributed by atoms with Crippen molar-refractivity contribution in [2.75, 3.05) is 38.2 Å². The van der Waals surface area contributed by atoms with Crippen LogP contribution in [0, 0.1) is 5.92 Å². The van der Waals surface area contributed by atoms with Crippen LogP contribution in [0.4, 0.5) is 5.95 Å². The molecule has 5 rings (SSSR count). The number of nitrogens with zero attached hydrogens (tertiary/aromatic N) is 4. The average molecular weight is 555 g/mol. The SMILES string of the molecule is CC(=O)N1CCCC(C(C)NC(=O)CN2Cc3ccc(-c4nc(NC5CCOCC5)ncc4Cl)cc3C2=O)C1. The van der Waals surface area contributed by atoms with E-state index in [-0.39, 0.29) is 42.3 Å². The van der Waals surface area contributed by atoms with E-state index >= 15 is 0 Å². The fraction of sp³-hybridized carbons (Fsp3) is 0.536. The Labute approximate surface area is 233 Å². The molecule has 2 aromatic rings. The van der Waals surface area contributed by atoms with Gasteiger partial charge in [-0.05, 0) is 50.2 Å². The maximum Gasteiger partial charge on any atom is 0.254 e. The van der Waals surface area contributed by atoms with Gasteiger partial charge in [0.25, 0.3) is 5.91 Å². The highest BCUT2D eigenvalue weighted by molar-refractivity contribution is 6.33. The summed E-state index contributed by atoms with van der Waals surface area (Å²) in [5.74, 6) is 0.356. The van der Waals surface area contributed by atoms with E-state index in [9.17, 15) is 14.4 Å². The van der Waals surface area contributed by atoms with Gasteiger partial charge in [0.05, 0.1) is 16.9 Å². The molecule has 4 heterocycles. The lowest BCUT2D eigenvalue weighted by Gasteiger charge is -2.35. The number of hydrogen-bond donors (Lipinski definition) is 2. The predicted molar refractivity (Wildman–Crippen MR) is 147 cm³/mol. The van der Waals surface area contributed by atoms with Gasteiger partial charge in [0.1, 0.15) is 6.54 Å². The third-order valence-electron chi connectivity index (χ3n) is 7.89. The van der Waals surface area contributed by atoms with E-state index in [0.717, 1.165) is 43.4 Å². The lowest BCUT2D eigenvalue weighted by molar-refractivity contribution is -0.130. The van der Waals surface area contributed by atoms with Gasteiger partial charge in [-0.15, -0.1) is 0 Å². The van der Waals surface area contributed by atoms with Gasteiger partial charge in [-0.3, -0.25) is 14.4 Å². The van der Waals surface area contributed by atoms with Crippen LogP contribution in [0.5, 0.6) is 0 Å². The predicted octanol–water partition coefficient (Wildman–Crippen LogP) is 3.11. The highest BCUT2D eigenvalue weighted by Crippen LogP contribution is 2.32. The van der Waals surface area contributed by atoms with E-state index in [4.69, 9.17) is 16.3 Å². The Balaban J connectivity index is 1.22. The second kappa shape index (κ2) is 11.9. The average Bonchev–Trinajstić information content (AvgIpc) is 3.24. The van der Waals surface area contributed by atoms with Gasteiger partial charge in [-0.1, -0.05) is 23.7 Å². The fourth-order valence-corrected chi connectivity index (χ4v) is 5.79. The zero-order valence-corrected chi connectivity index (χ0v) is 23.2. The van der Waals surface area contributed by atoms with Crippen LogP contribution < -0.4 is 10.6 Å². The van der Waals surface area contributed by atoms with E-state index in [1.54, 1.807) is 24.1 Å². The third kappa shape index (κ3) is 6.33. The number of ether oxygens (including phenoxy) is 1. The summed E-state index contributed by atoms with van der Waals surface area (Å²) in [6, 6.07) is 5.74. The smallest absolute Gasteiger partial charge is 0.254 e. The molecule has 3 aliphatic rings. The Kier molecular flexibility index (Phi) is 8.32. The van der Waals surface area contributed by atoms with Crippen molar-refractivity contribution >= 4 is 35.3 Å². The molecule has 2 fully saturated rings. The molecule has 3 aliphatic heterocycles. The van der Waals surface area contributed by atoms with Crippen molar-refractivity contribution in [2.45, 2.75) is 58.2 Å². The van der Waals surface area contributed by atoms with Crippen LogP contribution in [0.15, 0.2) is 24.4 Å². The molecule has 10 nitrogen and oxygen atoms in total. The molecule has 1 aromatic carbocycles. The maximum atomic E-state index is 13.2. The zero-order valence-electron chi connectivity index (χ0n) is 22.4. The van der Waals surface area contributed by atoms with Crippen LogP contribution in [0.25, 0.3) is 11.3 Å². The van der Waals surface area contributed by atoms with E-state index in [1.807, 2.05) is 24.0 Å². The first-order chi connectivity index (χ1) is 18.8. The van der Waals surface area contributed by atoms with Gasteiger partial charge in [0.15, 0.2) is 0 Å². The van der Waals surface area contributed by atoms with Gasteiger partial charge >= 0.3 is 0 Å². The zero-order chi connectivity index (χ0) is 27.5. The second-order valence-electron chi connectivity index (χ2n) is 10.7. The third-order valence-corrected chi connectivity index (χ3v) is 8.17. The summed E-state index contributed by atoms with van der Waals surface area (Å²) >= 11 is 6.45. The monoisotopic (exact) mass is 554 g/mol. The highest BCUT2D eigenvalue weighted by Gasteiger charge is 2.31. The normalized spacial score (nSPS) is 20.5. The lowest BCUT2D eigenvalue weighted by Crippen LogP contribution is -2.49. The fourth-order valence-electron chi connectivity index (χ4n) is 5.59. The Morgan fingerprint density at radius 1 is 1.23 bits per heavy atom. The molecule has 39 heavy (non-hydrogen) atoms. The maximum absolute atomic E-state index is 13.2. The second-order valence-corrected chi connectivity index (χ2v) is 11.1. The number of anilines is 1. The Hall–Kier alpha value is -3.24. The first-order valence-electron chi connectivity index (χ1n) is 13.6. The van der Waals surface area contributed by atoms with Gasteiger partial charge in [0.2, 0.25) is 17.8 Å². The van der Waals surface area contributed by atoms with Crippen molar-refractivity contribution in [3.05, 3.63) is 40.5 Å². The van der Waals surface area contributed by atoms with Gasteiger partial charge in [0, 0.05) is 63.0 Å². The van der Waals surface area contributed by atoms with Gasteiger partial charge < -0.3 is 25.2 Å². The molecule has 0 spiro atoms. The highest BCUT2D eigenvalue weighted by atomic mass is 35.5. The largest absolute Gasteiger partial charge is 0.381 e. The van der Waals surface area contributed by atoms with Crippen molar-refractivity contribution in [1.82, 2.24) is 25.1 Å². The van der Waals surface area contributed by atoms with Gasteiger partial charge in [-0.2, -0.15) is 0 Å². The summed E-state index contributed by atoms with van der Waals surface area (Å²) in [7, 11) is 0. The van der Waals surface area contributed by atoms with Crippen LogP contribution in [0.3, 0.4) is 0 Å². The number of carbonyl (C=O) groups excluding carboxylic acids is 3. The minimum Gasteiger partial charge on any atom is -0.381 e. The number of benzene rings is 1. The number of hydrogen-bond acceptors (Lipinski definition) is 7. The number of fused-ring (bicyclic) bond motifs is 1. The summed E-state index contributed by atoms with van der Waals surface area (Å²) < 4.78 is 5.42. The molecule has 0 radical (unpaired) electrons. The van der Waals surface area contributed by atoms with Gasteiger partial charge in [-0.25, -0.2) is 9.97 Å². The number of nitrogens with one attached hydrogen (secondary N) is 2. The summed E-state index contributed by atoms with van der Waals surface area (Å²) in [4.78, 5) is 50.2. The topological polar surface area (TPSA) is 117 Å². The van der Waals surface area contributed by atoms with Crippen LogP contribution in [0.1, 0.15) is 55.5 Å². The Morgan fingerprint density at radius 2 is 2.03 bits per heavy atom. The van der Waals surface area contributed by atoms with Crippen molar-refractivity contribution in [3.8, 4) is 11.3 Å². The Morgan fingerprint density at radius 3 is 2.79 bits per heavy atom. The summed E-state index contributed by atoms with van der Waals surface area (Å²) in [6.07, 6.45) is 5.22. The number of halogens is 1. The van der Waals surface area contributed by atoms with Crippen LogP contribution >= 0.6 is 11.6 Å². The first kappa shape index (κ1) is 27.3. The quantitative estimate of drug-likeness (QED) is 0.540. The van der Waals surface area contributed by atoms with Crippen molar-refractivity contribution in [1.29, 1.82) is 0 Å². The van der Waals surface area contributed by atoms with Crippen molar-refractivity contribution in [2.24, 2.45) is 5.92 Å². The number of aromatic nitrogens is 2. The molecule has 2 N–H and O–H groups in total. The molecule has 0 saturated carbocycles. The standard InChI is InChI=1S/C28H35ClN6O4/c1-17(20-4-3-9-34(14-20)18(2)36)31-25(37)16-35-15-21-6-5-19(12-23(21)27(35)38)26-24(29)13-30-28(33-26)32-22-7-10-39-11-8-22/h5-6,12-13,17,20,22H,3-4,7-11,14-16H2,1-2H3,(H,31,37)(H,30,32,33). The van der Waals surface area contributed by atoms with Crippen LogP contribution in [-0.4, -0.2) is 82.4 Å². The molecule has 0 aliphatic carbocycles. The number of amides is 3. The van der Waals surface area contributed by atoms with Crippen LogP contribution in [0.2, 0.25) is 5.02 Å².